The van der Waals surface area contributed by atoms with E-state index < -0.39 is 23.7 Å². The van der Waals surface area contributed by atoms with Crippen molar-refractivity contribution in [2.45, 2.75) is 26.3 Å². The second kappa shape index (κ2) is 9.75. The van der Waals surface area contributed by atoms with Crippen molar-refractivity contribution in [3.8, 4) is 0 Å². The van der Waals surface area contributed by atoms with Gasteiger partial charge in [-0.2, -0.15) is 0 Å². The average Bonchev–Trinajstić information content (AvgIpc) is 3.13. The van der Waals surface area contributed by atoms with E-state index in [9.17, 15) is 19.5 Å². The monoisotopic (exact) mass is 455 g/mol. The SMILES string of the molecule is CCCOC(=O)c1cccc(N2C(=O)C(=O)/C(=C(/O)c3ccc(C)cc3)C2c2ccccc2)c1. The van der Waals surface area contributed by atoms with E-state index in [1.165, 1.54) is 11.0 Å². The summed E-state index contributed by atoms with van der Waals surface area (Å²) in [6.45, 7) is 4.11. The molecule has 4 rings (SSSR count). The molecule has 0 aliphatic carbocycles. The number of ketones is 1. The highest BCUT2D eigenvalue weighted by atomic mass is 16.5. The van der Waals surface area contributed by atoms with Crippen LogP contribution in [0.25, 0.3) is 5.76 Å². The van der Waals surface area contributed by atoms with E-state index in [4.69, 9.17) is 4.74 Å². The minimum absolute atomic E-state index is 0.000911. The van der Waals surface area contributed by atoms with Crippen LogP contribution in [0.15, 0.2) is 84.4 Å². The topological polar surface area (TPSA) is 83.9 Å². The first kappa shape index (κ1) is 23.0. The Kier molecular flexibility index (Phi) is 6.59. The Labute approximate surface area is 198 Å². The zero-order valence-corrected chi connectivity index (χ0v) is 19.0. The van der Waals surface area contributed by atoms with Crippen LogP contribution in [0.2, 0.25) is 0 Å². The van der Waals surface area contributed by atoms with Crippen LogP contribution in [-0.4, -0.2) is 29.4 Å². The van der Waals surface area contributed by atoms with Crippen molar-refractivity contribution in [2.24, 2.45) is 0 Å². The molecule has 1 fully saturated rings. The zero-order chi connectivity index (χ0) is 24.2. The Morgan fingerprint density at radius 1 is 0.941 bits per heavy atom. The number of aryl methyl sites for hydroxylation is 1. The second-order valence-corrected chi connectivity index (χ2v) is 8.13. The summed E-state index contributed by atoms with van der Waals surface area (Å²) in [6.07, 6.45) is 0.688. The molecule has 3 aromatic carbocycles. The first-order valence-corrected chi connectivity index (χ1v) is 11.1. The molecule has 172 valence electrons. The molecule has 1 atom stereocenters. The number of Topliss-reactive ketones (excluding diaryl/α,β-unsaturated/α-hetero) is 1. The van der Waals surface area contributed by atoms with Gasteiger partial charge in [-0.15, -0.1) is 0 Å². The highest BCUT2D eigenvalue weighted by Gasteiger charge is 2.47. The third-order valence-electron chi connectivity index (χ3n) is 5.68. The molecule has 0 aromatic heterocycles. The fourth-order valence-corrected chi connectivity index (χ4v) is 3.98. The lowest BCUT2D eigenvalue weighted by Gasteiger charge is -2.25. The van der Waals surface area contributed by atoms with Crippen LogP contribution >= 0.6 is 0 Å². The lowest BCUT2D eigenvalue weighted by Crippen LogP contribution is -2.29. The number of carbonyl (C=O) groups is 3. The number of rotatable bonds is 6. The van der Waals surface area contributed by atoms with Crippen molar-refractivity contribution in [3.05, 3.63) is 107 Å². The van der Waals surface area contributed by atoms with Crippen LogP contribution in [0.5, 0.6) is 0 Å². The summed E-state index contributed by atoms with van der Waals surface area (Å²) in [5, 5.41) is 11.1. The first-order chi connectivity index (χ1) is 16.4. The van der Waals surface area contributed by atoms with E-state index in [1.807, 2.05) is 32.0 Å². The Morgan fingerprint density at radius 3 is 2.32 bits per heavy atom. The molecule has 1 heterocycles. The van der Waals surface area contributed by atoms with Crippen LogP contribution in [0.4, 0.5) is 5.69 Å². The van der Waals surface area contributed by atoms with Crippen molar-refractivity contribution in [3.63, 3.8) is 0 Å². The molecule has 34 heavy (non-hydrogen) atoms. The van der Waals surface area contributed by atoms with Crippen LogP contribution in [0.1, 0.15) is 46.4 Å². The molecule has 1 unspecified atom stereocenters. The van der Waals surface area contributed by atoms with E-state index >= 15 is 0 Å². The maximum absolute atomic E-state index is 13.3. The number of esters is 1. The van der Waals surface area contributed by atoms with Gasteiger partial charge < -0.3 is 9.84 Å². The van der Waals surface area contributed by atoms with Crippen molar-refractivity contribution in [1.82, 2.24) is 0 Å². The number of carbonyl (C=O) groups excluding carboxylic acids is 3. The maximum Gasteiger partial charge on any atom is 0.338 e. The molecule has 0 saturated carbocycles. The molecule has 0 spiro atoms. The largest absolute Gasteiger partial charge is 0.507 e. The summed E-state index contributed by atoms with van der Waals surface area (Å²) >= 11 is 0. The summed E-state index contributed by atoms with van der Waals surface area (Å²) in [7, 11) is 0. The van der Waals surface area contributed by atoms with Gasteiger partial charge in [-0.25, -0.2) is 4.79 Å². The van der Waals surface area contributed by atoms with Crippen molar-refractivity contribution < 1.29 is 24.2 Å². The van der Waals surface area contributed by atoms with E-state index in [0.717, 1.165) is 5.56 Å². The van der Waals surface area contributed by atoms with Gasteiger partial charge in [0.15, 0.2) is 0 Å². The average molecular weight is 456 g/mol. The molecule has 1 saturated heterocycles. The molecular weight excluding hydrogens is 430 g/mol. The van der Waals surface area contributed by atoms with E-state index in [2.05, 4.69) is 0 Å². The molecular formula is C28H25NO5. The fourth-order valence-electron chi connectivity index (χ4n) is 3.98. The van der Waals surface area contributed by atoms with Crippen molar-refractivity contribution in [2.75, 3.05) is 11.5 Å². The predicted octanol–water partition coefficient (Wildman–Crippen LogP) is 5.19. The van der Waals surface area contributed by atoms with Crippen LogP contribution in [0, 0.1) is 6.92 Å². The summed E-state index contributed by atoms with van der Waals surface area (Å²) in [5.41, 5.74) is 2.75. The lowest BCUT2D eigenvalue weighted by molar-refractivity contribution is -0.132. The normalized spacial score (nSPS) is 17.1. The molecule has 1 amide bonds. The highest BCUT2D eigenvalue weighted by molar-refractivity contribution is 6.51. The van der Waals surface area contributed by atoms with Crippen LogP contribution in [0.3, 0.4) is 0 Å². The van der Waals surface area contributed by atoms with Crippen molar-refractivity contribution >= 4 is 29.1 Å². The first-order valence-electron chi connectivity index (χ1n) is 11.1. The molecule has 1 aliphatic rings. The van der Waals surface area contributed by atoms with E-state index in [1.54, 1.807) is 54.6 Å². The third-order valence-corrected chi connectivity index (χ3v) is 5.68. The maximum atomic E-state index is 13.3. The molecule has 6 nitrogen and oxygen atoms in total. The van der Waals surface area contributed by atoms with Gasteiger partial charge in [0.05, 0.1) is 23.8 Å². The summed E-state index contributed by atoms with van der Waals surface area (Å²) < 4.78 is 5.22. The Balaban J connectivity index is 1.85. The van der Waals surface area contributed by atoms with Gasteiger partial charge in [-0.1, -0.05) is 73.2 Å². The van der Waals surface area contributed by atoms with Gasteiger partial charge >= 0.3 is 5.97 Å². The second-order valence-electron chi connectivity index (χ2n) is 8.13. The van der Waals surface area contributed by atoms with Gasteiger partial charge in [0.2, 0.25) is 0 Å². The van der Waals surface area contributed by atoms with Gasteiger partial charge in [0.1, 0.15) is 5.76 Å². The quantitative estimate of drug-likeness (QED) is 0.239. The number of ether oxygens (including phenoxy) is 1. The molecule has 1 aliphatic heterocycles. The number of anilines is 1. The number of aliphatic hydroxyl groups excluding tert-OH is 1. The minimum Gasteiger partial charge on any atom is -0.507 e. The smallest absolute Gasteiger partial charge is 0.338 e. The molecule has 6 heteroatoms. The van der Waals surface area contributed by atoms with Crippen LogP contribution in [-0.2, 0) is 14.3 Å². The van der Waals surface area contributed by atoms with Crippen LogP contribution < -0.4 is 4.90 Å². The highest BCUT2D eigenvalue weighted by Crippen LogP contribution is 2.42. The summed E-state index contributed by atoms with van der Waals surface area (Å²) in [4.78, 5) is 40.2. The molecule has 0 bridgehead atoms. The predicted molar refractivity (Wildman–Crippen MR) is 129 cm³/mol. The minimum atomic E-state index is -0.857. The zero-order valence-electron chi connectivity index (χ0n) is 19.0. The number of nitrogens with zero attached hydrogens (tertiary/aromatic N) is 1. The summed E-state index contributed by atoms with van der Waals surface area (Å²) in [6, 6.07) is 21.7. The number of aliphatic hydroxyl groups is 1. The van der Waals surface area contributed by atoms with Crippen molar-refractivity contribution in [1.29, 1.82) is 0 Å². The Bertz CT molecular complexity index is 1260. The van der Waals surface area contributed by atoms with Gasteiger partial charge in [0, 0.05) is 11.3 Å². The van der Waals surface area contributed by atoms with Gasteiger partial charge in [-0.3, -0.25) is 14.5 Å². The summed E-state index contributed by atoms with van der Waals surface area (Å²) in [5.74, 6) is -2.31. The number of hydrogen-bond donors (Lipinski definition) is 1. The fraction of sp³-hybridized carbons (Fsp3) is 0.179. The molecule has 0 radical (unpaired) electrons. The number of amides is 1. The Hall–Kier alpha value is -4.19. The standard InChI is InChI=1S/C28H25NO5/c1-3-16-34-28(33)21-10-7-11-22(17-21)29-24(19-8-5-4-6-9-19)23(26(31)27(29)32)25(30)20-14-12-18(2)13-15-20/h4-15,17,24,30H,3,16H2,1-2H3/b25-23+. The lowest BCUT2D eigenvalue weighted by atomic mass is 9.95. The third kappa shape index (κ3) is 4.35. The molecule has 1 N–H and O–H groups in total. The molecule has 3 aromatic rings. The number of hydrogen-bond acceptors (Lipinski definition) is 5. The Morgan fingerprint density at radius 2 is 1.65 bits per heavy atom. The number of benzene rings is 3. The van der Waals surface area contributed by atoms with E-state index in [0.29, 0.717) is 23.2 Å². The van der Waals surface area contributed by atoms with Gasteiger partial charge in [0.25, 0.3) is 11.7 Å². The van der Waals surface area contributed by atoms with E-state index in [-0.39, 0.29) is 23.5 Å². The van der Waals surface area contributed by atoms with Gasteiger partial charge in [-0.05, 0) is 37.1 Å².